The Morgan fingerprint density at radius 1 is 1.11 bits per heavy atom. The molecule has 2 heterocycles. The number of thiazole rings is 1. The quantitative estimate of drug-likeness (QED) is 0.479. The number of hydrogen-bond acceptors (Lipinski definition) is 7. The number of carbonyl (C=O) groups is 3. The molecule has 1 aliphatic carbocycles. The number of carboxylic acid groups (broad SMARTS) is 1. The molecule has 0 spiro atoms. The van der Waals surface area contributed by atoms with Crippen molar-refractivity contribution in [2.45, 2.75) is 52.5 Å². The number of amides is 2. The molecule has 1 aromatic carbocycles. The van der Waals surface area contributed by atoms with Gasteiger partial charge in [-0.2, -0.15) is 0 Å². The first kappa shape index (κ1) is 25.1. The van der Waals surface area contributed by atoms with Gasteiger partial charge in [-0.05, 0) is 69.2 Å². The molecule has 184 valence electrons. The third kappa shape index (κ3) is 5.62. The lowest BCUT2D eigenvalue weighted by atomic mass is 9.82. The molecule has 1 saturated carbocycles. The first-order valence-electron chi connectivity index (χ1n) is 11.7. The van der Waals surface area contributed by atoms with Crippen LogP contribution in [0.3, 0.4) is 0 Å². The standard InChI is InChI=1S/C26H29N3O4S2/c1-15(2)29(25(31)18-6-4-16(3)5-7-18)21-12-22(35-23(21)26(32)33)17-8-10-19(11-9-17)28-24(30)20-13-34-14-27-20/h8-16,18H,4-7H2,1-3H3,(H,28,30)(H,32,33)/p-1. The molecule has 1 N–H and O–H groups in total. The van der Waals surface area contributed by atoms with E-state index in [1.54, 1.807) is 34.0 Å². The first-order valence-corrected chi connectivity index (χ1v) is 13.5. The van der Waals surface area contributed by atoms with Crippen molar-refractivity contribution in [3.8, 4) is 10.4 Å². The van der Waals surface area contributed by atoms with E-state index in [1.165, 1.54) is 11.3 Å². The van der Waals surface area contributed by atoms with Crippen LogP contribution in [0.25, 0.3) is 10.4 Å². The summed E-state index contributed by atoms with van der Waals surface area (Å²) in [6, 6.07) is 8.72. The third-order valence-electron chi connectivity index (χ3n) is 6.37. The van der Waals surface area contributed by atoms with E-state index in [9.17, 15) is 19.5 Å². The lowest BCUT2D eigenvalue weighted by molar-refractivity contribution is -0.254. The van der Waals surface area contributed by atoms with E-state index in [0.717, 1.165) is 42.6 Å². The van der Waals surface area contributed by atoms with Crippen molar-refractivity contribution in [3.63, 3.8) is 0 Å². The van der Waals surface area contributed by atoms with Crippen LogP contribution in [0, 0.1) is 11.8 Å². The predicted octanol–water partition coefficient (Wildman–Crippen LogP) is 5.06. The number of aromatic nitrogens is 1. The second-order valence-corrected chi connectivity index (χ2v) is 11.0. The highest BCUT2D eigenvalue weighted by atomic mass is 32.1. The van der Waals surface area contributed by atoms with E-state index in [0.29, 0.717) is 27.9 Å². The minimum Gasteiger partial charge on any atom is -0.544 e. The van der Waals surface area contributed by atoms with Gasteiger partial charge >= 0.3 is 0 Å². The average molecular weight is 511 g/mol. The number of anilines is 2. The Bertz CT molecular complexity index is 1190. The molecule has 0 saturated heterocycles. The zero-order valence-corrected chi connectivity index (χ0v) is 21.6. The molecule has 1 aliphatic rings. The van der Waals surface area contributed by atoms with Crippen LogP contribution >= 0.6 is 22.7 Å². The van der Waals surface area contributed by atoms with E-state index in [2.05, 4.69) is 17.2 Å². The summed E-state index contributed by atoms with van der Waals surface area (Å²) in [4.78, 5) is 44.1. The molecule has 0 radical (unpaired) electrons. The van der Waals surface area contributed by atoms with Gasteiger partial charge in [-0.15, -0.1) is 22.7 Å². The van der Waals surface area contributed by atoms with E-state index in [4.69, 9.17) is 0 Å². The normalized spacial score (nSPS) is 17.8. The molecule has 35 heavy (non-hydrogen) atoms. The highest BCUT2D eigenvalue weighted by Gasteiger charge is 2.32. The van der Waals surface area contributed by atoms with Crippen LogP contribution in [0.4, 0.5) is 11.4 Å². The van der Waals surface area contributed by atoms with Gasteiger partial charge in [-0.25, -0.2) is 4.98 Å². The summed E-state index contributed by atoms with van der Waals surface area (Å²) in [6.45, 7) is 6.01. The highest BCUT2D eigenvalue weighted by Crippen LogP contribution is 2.39. The van der Waals surface area contributed by atoms with Crippen LogP contribution in [0.1, 0.15) is 66.6 Å². The Labute approximate surface area is 212 Å². The molecule has 0 unspecified atom stereocenters. The number of aromatic carboxylic acids is 1. The highest BCUT2D eigenvalue weighted by molar-refractivity contribution is 7.18. The Balaban J connectivity index is 1.59. The summed E-state index contributed by atoms with van der Waals surface area (Å²) in [7, 11) is 0. The van der Waals surface area contributed by atoms with Gasteiger partial charge in [0.2, 0.25) is 5.91 Å². The summed E-state index contributed by atoms with van der Waals surface area (Å²) < 4.78 is 0. The fourth-order valence-electron chi connectivity index (χ4n) is 4.44. The number of carboxylic acids is 1. The van der Waals surface area contributed by atoms with Crippen molar-refractivity contribution in [3.05, 3.63) is 51.8 Å². The monoisotopic (exact) mass is 510 g/mol. The molecule has 1 fully saturated rings. The molecular weight excluding hydrogens is 482 g/mol. The molecule has 0 bridgehead atoms. The van der Waals surface area contributed by atoms with Crippen molar-refractivity contribution in [2.24, 2.45) is 11.8 Å². The second-order valence-electron chi connectivity index (χ2n) is 9.28. The van der Waals surface area contributed by atoms with E-state index in [1.807, 2.05) is 26.0 Å². The predicted molar refractivity (Wildman–Crippen MR) is 138 cm³/mol. The Hall–Kier alpha value is -3.04. The van der Waals surface area contributed by atoms with Crippen LogP contribution in [-0.2, 0) is 4.79 Å². The summed E-state index contributed by atoms with van der Waals surface area (Å²) in [5.74, 6) is -1.07. The molecule has 3 aromatic rings. The maximum Gasteiger partial charge on any atom is 0.275 e. The van der Waals surface area contributed by atoms with E-state index < -0.39 is 5.97 Å². The van der Waals surface area contributed by atoms with Gasteiger partial charge in [0.25, 0.3) is 5.91 Å². The summed E-state index contributed by atoms with van der Waals surface area (Å²) in [5.41, 5.74) is 3.74. The van der Waals surface area contributed by atoms with Crippen molar-refractivity contribution < 1.29 is 19.5 Å². The smallest absolute Gasteiger partial charge is 0.275 e. The number of benzene rings is 1. The molecule has 2 aromatic heterocycles. The second kappa shape index (κ2) is 10.7. The van der Waals surface area contributed by atoms with E-state index in [-0.39, 0.29) is 28.7 Å². The minimum absolute atomic E-state index is 0.0150. The number of rotatable bonds is 7. The van der Waals surface area contributed by atoms with Gasteiger partial charge in [0.15, 0.2) is 0 Å². The Morgan fingerprint density at radius 2 is 1.80 bits per heavy atom. The Kier molecular flexibility index (Phi) is 7.66. The number of nitrogens with one attached hydrogen (secondary N) is 1. The first-order chi connectivity index (χ1) is 16.7. The van der Waals surface area contributed by atoms with Crippen molar-refractivity contribution in [1.82, 2.24) is 4.98 Å². The van der Waals surface area contributed by atoms with Gasteiger partial charge < -0.3 is 20.1 Å². The number of carbonyl (C=O) groups excluding carboxylic acids is 3. The van der Waals surface area contributed by atoms with Gasteiger partial charge in [0, 0.05) is 27.9 Å². The van der Waals surface area contributed by atoms with Crippen LogP contribution < -0.4 is 15.3 Å². The molecule has 0 aliphatic heterocycles. The lowest BCUT2D eigenvalue weighted by Gasteiger charge is -2.33. The number of hydrogen-bond donors (Lipinski definition) is 1. The minimum atomic E-state index is -1.29. The zero-order chi connectivity index (χ0) is 25.1. The van der Waals surface area contributed by atoms with Crippen molar-refractivity contribution >= 4 is 51.8 Å². The number of nitrogens with zero attached hydrogens (tertiary/aromatic N) is 2. The van der Waals surface area contributed by atoms with Gasteiger partial charge in [-0.3, -0.25) is 9.59 Å². The third-order valence-corrected chi connectivity index (χ3v) is 8.11. The van der Waals surface area contributed by atoms with Crippen LogP contribution in [0.15, 0.2) is 41.2 Å². The summed E-state index contributed by atoms with van der Waals surface area (Å²) in [6.07, 6.45) is 3.68. The topological polar surface area (TPSA) is 102 Å². The van der Waals surface area contributed by atoms with Crippen LogP contribution in [0.5, 0.6) is 0 Å². The van der Waals surface area contributed by atoms with Crippen molar-refractivity contribution in [2.75, 3.05) is 10.2 Å². The van der Waals surface area contributed by atoms with E-state index >= 15 is 0 Å². The fraction of sp³-hybridized carbons (Fsp3) is 0.385. The lowest BCUT2D eigenvalue weighted by Crippen LogP contribution is -2.43. The van der Waals surface area contributed by atoms with Gasteiger partial charge in [0.1, 0.15) is 5.69 Å². The average Bonchev–Trinajstić information content (AvgIpc) is 3.51. The largest absolute Gasteiger partial charge is 0.544 e. The maximum atomic E-state index is 13.5. The summed E-state index contributed by atoms with van der Waals surface area (Å²) >= 11 is 2.44. The molecule has 9 heteroatoms. The van der Waals surface area contributed by atoms with Gasteiger partial charge in [-0.1, -0.05) is 19.1 Å². The SMILES string of the molecule is CC1CCC(C(=O)N(c2cc(-c3ccc(NC(=O)c4cscn4)cc3)sc2C(=O)[O-])C(C)C)CC1. The van der Waals surface area contributed by atoms with Crippen LogP contribution in [0.2, 0.25) is 0 Å². The van der Waals surface area contributed by atoms with Crippen molar-refractivity contribution in [1.29, 1.82) is 0 Å². The molecule has 2 amide bonds. The molecule has 0 atom stereocenters. The van der Waals surface area contributed by atoms with Gasteiger partial charge in [0.05, 0.1) is 22.0 Å². The molecular formula is C26H28N3O4S2-. The summed E-state index contributed by atoms with van der Waals surface area (Å²) in [5, 5.41) is 16.5. The molecule has 4 rings (SSSR count). The maximum absolute atomic E-state index is 13.5. The molecule has 7 nitrogen and oxygen atoms in total. The fourth-order valence-corrected chi connectivity index (χ4v) is 5.96. The number of thiophene rings is 1. The zero-order valence-electron chi connectivity index (χ0n) is 19.9. The van der Waals surface area contributed by atoms with Crippen LogP contribution in [-0.4, -0.2) is 28.8 Å². The Morgan fingerprint density at radius 3 is 2.37 bits per heavy atom.